The summed E-state index contributed by atoms with van der Waals surface area (Å²) >= 11 is 0. The topological polar surface area (TPSA) is 155 Å². The predicted molar refractivity (Wildman–Crippen MR) is 152 cm³/mol. The molecule has 0 fully saturated rings. The Hall–Kier alpha value is -5.32. The van der Waals surface area contributed by atoms with E-state index in [-0.39, 0.29) is 11.9 Å². The van der Waals surface area contributed by atoms with Crippen LogP contribution in [0.5, 0.6) is 11.5 Å². The van der Waals surface area contributed by atoms with Gasteiger partial charge in [0.25, 0.3) is 5.91 Å². The zero-order valence-electron chi connectivity index (χ0n) is 22.3. The summed E-state index contributed by atoms with van der Waals surface area (Å²) in [6, 6.07) is 11.0. The maximum absolute atomic E-state index is 13.6. The van der Waals surface area contributed by atoms with Crippen molar-refractivity contribution in [2.24, 2.45) is 5.10 Å². The average Bonchev–Trinajstić information content (AvgIpc) is 2.97. The van der Waals surface area contributed by atoms with E-state index in [0.717, 1.165) is 22.3 Å². The molecule has 11 heteroatoms. The number of anilines is 2. The number of carbonyl (C=O) groups excluding carboxylic acids is 1. The third-order valence-corrected chi connectivity index (χ3v) is 6.48. The van der Waals surface area contributed by atoms with Gasteiger partial charge in [-0.15, -0.1) is 0 Å². The molecule has 0 unspecified atom stereocenters. The number of aromatic nitrogens is 4. The minimum Gasteiger partial charge on any atom is -0.493 e. The molecule has 0 saturated carbocycles. The second-order valence-electron chi connectivity index (χ2n) is 9.09. The molecule has 0 radical (unpaired) electrons. The van der Waals surface area contributed by atoms with Crippen LogP contribution in [-0.4, -0.2) is 51.3 Å². The lowest BCUT2D eigenvalue weighted by Gasteiger charge is -2.31. The van der Waals surface area contributed by atoms with Gasteiger partial charge in [-0.05, 0) is 36.3 Å². The molecule has 1 amide bonds. The number of nitrogens with two attached hydrogens (primary N) is 2. The maximum Gasteiger partial charge on any atom is 0.267 e. The van der Waals surface area contributed by atoms with Crippen LogP contribution in [0.1, 0.15) is 45.2 Å². The molecule has 2 aromatic heterocycles. The van der Waals surface area contributed by atoms with E-state index < -0.39 is 6.04 Å². The van der Waals surface area contributed by atoms with Gasteiger partial charge in [-0.25, -0.2) is 20.0 Å². The molecule has 0 aliphatic carbocycles. The first-order valence-electron chi connectivity index (χ1n) is 12.4. The van der Waals surface area contributed by atoms with Gasteiger partial charge < -0.3 is 20.9 Å². The Labute approximate surface area is 231 Å². The molecule has 0 saturated heterocycles. The molecule has 202 valence electrons. The number of rotatable bonds is 7. The Balaban J connectivity index is 1.49. The van der Waals surface area contributed by atoms with E-state index in [1.54, 1.807) is 45.1 Å². The van der Waals surface area contributed by atoms with Gasteiger partial charge in [-0.1, -0.05) is 24.3 Å². The first kappa shape index (κ1) is 26.3. The van der Waals surface area contributed by atoms with Crippen molar-refractivity contribution in [2.45, 2.75) is 19.4 Å². The lowest BCUT2D eigenvalue weighted by Crippen LogP contribution is -2.33. The maximum atomic E-state index is 13.6. The van der Waals surface area contributed by atoms with Crippen LogP contribution in [0.15, 0.2) is 66.2 Å². The number of amides is 1. The van der Waals surface area contributed by atoms with Crippen LogP contribution >= 0.6 is 0 Å². The highest BCUT2D eigenvalue weighted by molar-refractivity contribution is 5.95. The molecule has 4 aromatic rings. The van der Waals surface area contributed by atoms with E-state index in [4.69, 9.17) is 20.9 Å². The molecule has 1 aliphatic rings. The fraction of sp³-hybridized carbons (Fsp3) is 0.172. The van der Waals surface area contributed by atoms with Crippen molar-refractivity contribution >= 4 is 30.0 Å². The summed E-state index contributed by atoms with van der Waals surface area (Å²) in [6.07, 6.45) is 10.3. The molecule has 11 nitrogen and oxygen atoms in total. The molecule has 0 spiro atoms. The van der Waals surface area contributed by atoms with Gasteiger partial charge in [-0.2, -0.15) is 10.1 Å². The van der Waals surface area contributed by atoms with Gasteiger partial charge >= 0.3 is 0 Å². The SMILES string of the molecule is COc1cc(Cc2cnc(N)nc2N)cc(/C=C/C(=O)N2N=Cc3ccccc3[C@@H]2c2cnc(C)nc2)c1OC. The number of benzene rings is 2. The summed E-state index contributed by atoms with van der Waals surface area (Å²) in [5.74, 6) is 1.69. The van der Waals surface area contributed by atoms with Crippen molar-refractivity contribution in [1.82, 2.24) is 24.9 Å². The van der Waals surface area contributed by atoms with Crippen molar-refractivity contribution in [3.8, 4) is 11.5 Å². The van der Waals surface area contributed by atoms with Crippen LogP contribution in [0.4, 0.5) is 11.8 Å². The first-order valence-corrected chi connectivity index (χ1v) is 12.4. The Morgan fingerprint density at radius 3 is 2.55 bits per heavy atom. The number of aryl methyl sites for hydroxylation is 1. The molecule has 1 atom stereocenters. The minimum absolute atomic E-state index is 0.106. The van der Waals surface area contributed by atoms with Crippen LogP contribution < -0.4 is 20.9 Å². The summed E-state index contributed by atoms with van der Waals surface area (Å²) < 4.78 is 11.2. The third kappa shape index (κ3) is 5.30. The monoisotopic (exact) mass is 536 g/mol. The lowest BCUT2D eigenvalue weighted by molar-refractivity contribution is -0.127. The highest BCUT2D eigenvalue weighted by Crippen LogP contribution is 2.36. The highest BCUT2D eigenvalue weighted by atomic mass is 16.5. The number of nitrogen functional groups attached to an aromatic ring is 2. The molecule has 40 heavy (non-hydrogen) atoms. The van der Waals surface area contributed by atoms with Crippen LogP contribution in [0.25, 0.3) is 6.08 Å². The van der Waals surface area contributed by atoms with E-state index in [0.29, 0.717) is 40.7 Å². The van der Waals surface area contributed by atoms with Gasteiger partial charge in [-0.3, -0.25) is 4.79 Å². The predicted octanol–water partition coefficient (Wildman–Crippen LogP) is 3.33. The Morgan fingerprint density at radius 2 is 1.82 bits per heavy atom. The van der Waals surface area contributed by atoms with Crippen LogP contribution in [-0.2, 0) is 11.2 Å². The molecular formula is C29H28N8O3. The summed E-state index contributed by atoms with van der Waals surface area (Å²) in [5, 5.41) is 5.91. The molecule has 0 bridgehead atoms. The molecular weight excluding hydrogens is 508 g/mol. The molecule has 4 N–H and O–H groups in total. The van der Waals surface area contributed by atoms with E-state index in [9.17, 15) is 4.79 Å². The van der Waals surface area contributed by atoms with Crippen LogP contribution in [0.2, 0.25) is 0 Å². The van der Waals surface area contributed by atoms with E-state index in [1.165, 1.54) is 11.1 Å². The van der Waals surface area contributed by atoms with Crippen LogP contribution in [0.3, 0.4) is 0 Å². The van der Waals surface area contributed by atoms with Crippen molar-refractivity contribution in [2.75, 3.05) is 25.7 Å². The summed E-state index contributed by atoms with van der Waals surface area (Å²) in [7, 11) is 3.09. The standard InChI is InChI=1S/C29H28N8O3/c1-17-32-14-22(15-33-17)26-23-7-5-4-6-20(23)16-35-37(26)25(38)9-8-19-10-18(12-24(39-2)27(19)40-3)11-21-13-34-29(31)36-28(21)30/h4-10,12-16,26H,11H2,1-3H3,(H4,30,31,34,36)/b9-8+/t26-/m0/s1. The van der Waals surface area contributed by atoms with Gasteiger partial charge in [0.2, 0.25) is 5.95 Å². The average molecular weight is 537 g/mol. The molecule has 5 rings (SSSR count). The molecule has 3 heterocycles. The van der Waals surface area contributed by atoms with Crippen LogP contribution in [0, 0.1) is 6.92 Å². The molecule has 1 aliphatic heterocycles. The number of methoxy groups -OCH3 is 2. The summed E-state index contributed by atoms with van der Waals surface area (Å²) in [5.41, 5.74) is 16.5. The van der Waals surface area contributed by atoms with Gasteiger partial charge in [0.05, 0.1) is 20.4 Å². The number of carbonyl (C=O) groups is 1. The third-order valence-electron chi connectivity index (χ3n) is 6.48. The summed E-state index contributed by atoms with van der Waals surface area (Å²) in [4.78, 5) is 30.4. The molecule has 2 aromatic carbocycles. The zero-order chi connectivity index (χ0) is 28.2. The largest absolute Gasteiger partial charge is 0.493 e. The zero-order valence-corrected chi connectivity index (χ0v) is 22.3. The second-order valence-corrected chi connectivity index (χ2v) is 9.09. The van der Waals surface area contributed by atoms with Gasteiger partial charge in [0.15, 0.2) is 11.5 Å². The number of fused-ring (bicyclic) bond motifs is 1. The number of ether oxygens (including phenoxy) is 2. The summed E-state index contributed by atoms with van der Waals surface area (Å²) in [6.45, 7) is 1.81. The highest BCUT2D eigenvalue weighted by Gasteiger charge is 2.30. The van der Waals surface area contributed by atoms with Gasteiger partial charge in [0, 0.05) is 53.3 Å². The van der Waals surface area contributed by atoms with Crippen molar-refractivity contribution < 1.29 is 14.3 Å². The first-order chi connectivity index (χ1) is 19.4. The smallest absolute Gasteiger partial charge is 0.267 e. The lowest BCUT2D eigenvalue weighted by atomic mass is 9.94. The Morgan fingerprint density at radius 1 is 1.05 bits per heavy atom. The van der Waals surface area contributed by atoms with E-state index in [1.807, 2.05) is 43.3 Å². The van der Waals surface area contributed by atoms with Crippen molar-refractivity contribution in [3.05, 3.63) is 100 Å². The van der Waals surface area contributed by atoms with E-state index >= 15 is 0 Å². The Bertz CT molecular complexity index is 1620. The normalized spacial score (nSPS) is 14.3. The fourth-order valence-corrected chi connectivity index (χ4v) is 4.56. The number of nitrogens with zero attached hydrogens (tertiary/aromatic N) is 6. The van der Waals surface area contributed by atoms with Crippen molar-refractivity contribution in [1.29, 1.82) is 0 Å². The van der Waals surface area contributed by atoms with E-state index in [2.05, 4.69) is 25.0 Å². The number of hydrazone groups is 1. The minimum atomic E-state index is -0.491. The van der Waals surface area contributed by atoms with Gasteiger partial charge in [0.1, 0.15) is 17.7 Å². The second kappa shape index (κ2) is 11.2. The number of hydrogen-bond acceptors (Lipinski definition) is 10. The quantitative estimate of drug-likeness (QED) is 0.338. The van der Waals surface area contributed by atoms with Crippen molar-refractivity contribution in [3.63, 3.8) is 0 Å². The fourth-order valence-electron chi connectivity index (χ4n) is 4.56. The Kier molecular flexibility index (Phi) is 7.36. The number of hydrogen-bond donors (Lipinski definition) is 2.